The zero-order chi connectivity index (χ0) is 19.8. The maximum atomic E-state index is 13.7. The van der Waals surface area contributed by atoms with Crippen molar-refractivity contribution in [1.82, 2.24) is 8.87 Å². The molecule has 1 atom stereocenters. The summed E-state index contributed by atoms with van der Waals surface area (Å²) in [6.07, 6.45) is 3.29. The molecule has 1 N–H and O–H groups in total. The molecule has 0 unspecified atom stereocenters. The first-order valence-electron chi connectivity index (χ1n) is 8.92. The minimum atomic E-state index is -3.64. The van der Waals surface area contributed by atoms with E-state index in [1.807, 2.05) is 6.92 Å². The monoisotopic (exact) mass is 393 g/mol. The minimum Gasteiger partial charge on any atom is -0.345 e. The van der Waals surface area contributed by atoms with Gasteiger partial charge in [0.15, 0.2) is 0 Å². The van der Waals surface area contributed by atoms with E-state index in [4.69, 9.17) is 0 Å². The number of benzene rings is 1. The number of carbonyl (C=O) groups excluding carboxylic acids is 1. The highest BCUT2D eigenvalue weighted by Gasteiger charge is 2.30. The van der Waals surface area contributed by atoms with Crippen LogP contribution in [0.1, 0.15) is 35.8 Å². The van der Waals surface area contributed by atoms with Crippen molar-refractivity contribution in [2.45, 2.75) is 31.6 Å². The lowest BCUT2D eigenvalue weighted by Crippen LogP contribution is -2.38. The molecular formula is C19H24FN3O3S. The maximum Gasteiger partial charge on any atom is 0.272 e. The van der Waals surface area contributed by atoms with Gasteiger partial charge >= 0.3 is 0 Å². The van der Waals surface area contributed by atoms with Crippen LogP contribution in [0.3, 0.4) is 0 Å². The summed E-state index contributed by atoms with van der Waals surface area (Å²) >= 11 is 0. The van der Waals surface area contributed by atoms with E-state index in [1.165, 1.54) is 27.2 Å². The molecule has 2 heterocycles. The summed E-state index contributed by atoms with van der Waals surface area (Å²) in [5.41, 5.74) is 0.995. The summed E-state index contributed by atoms with van der Waals surface area (Å²) in [5.74, 6) is -0.590. The maximum absolute atomic E-state index is 13.7. The molecule has 3 rings (SSSR count). The molecule has 1 amide bonds. The predicted octanol–water partition coefficient (Wildman–Crippen LogP) is 3.15. The molecule has 1 saturated heterocycles. The summed E-state index contributed by atoms with van der Waals surface area (Å²) in [5, 5.41) is 2.61. The van der Waals surface area contributed by atoms with E-state index >= 15 is 0 Å². The average Bonchev–Trinajstić information content (AvgIpc) is 3.01. The van der Waals surface area contributed by atoms with E-state index in [2.05, 4.69) is 5.32 Å². The summed E-state index contributed by atoms with van der Waals surface area (Å²) in [7, 11) is -2.03. The molecule has 1 fully saturated rings. The first kappa shape index (κ1) is 19.6. The molecule has 0 radical (unpaired) electrons. The molecule has 0 bridgehead atoms. The van der Waals surface area contributed by atoms with Crippen LogP contribution in [0, 0.1) is 18.7 Å². The summed E-state index contributed by atoms with van der Waals surface area (Å²) in [6.45, 7) is 4.65. The van der Waals surface area contributed by atoms with Crippen molar-refractivity contribution >= 4 is 21.6 Å². The number of nitrogens with one attached hydrogen (secondary N) is 1. The molecular weight excluding hydrogens is 369 g/mol. The Morgan fingerprint density at radius 1 is 1.30 bits per heavy atom. The van der Waals surface area contributed by atoms with Gasteiger partial charge in [0, 0.05) is 32.0 Å². The lowest BCUT2D eigenvalue weighted by molar-refractivity contribution is 0.101. The molecule has 0 saturated carbocycles. The second-order valence-electron chi connectivity index (χ2n) is 7.20. The fraction of sp³-hybridized carbons (Fsp3) is 0.421. The van der Waals surface area contributed by atoms with Crippen LogP contribution in [-0.4, -0.2) is 36.3 Å². The predicted molar refractivity (Wildman–Crippen MR) is 102 cm³/mol. The highest BCUT2D eigenvalue weighted by atomic mass is 32.2. The van der Waals surface area contributed by atoms with Crippen LogP contribution in [0.25, 0.3) is 0 Å². The third kappa shape index (κ3) is 4.06. The first-order chi connectivity index (χ1) is 12.7. The number of rotatable bonds is 4. The second kappa shape index (κ2) is 7.44. The van der Waals surface area contributed by atoms with Crippen LogP contribution in [0.5, 0.6) is 0 Å². The third-order valence-electron chi connectivity index (χ3n) is 4.90. The van der Waals surface area contributed by atoms with Crippen LogP contribution in [-0.2, 0) is 17.1 Å². The number of sulfonamides is 1. The van der Waals surface area contributed by atoms with Crippen molar-refractivity contribution in [3.63, 3.8) is 0 Å². The Bertz CT molecular complexity index is 969. The topological polar surface area (TPSA) is 71.4 Å². The average molecular weight is 393 g/mol. The van der Waals surface area contributed by atoms with Crippen molar-refractivity contribution in [3.05, 3.63) is 47.5 Å². The van der Waals surface area contributed by atoms with Gasteiger partial charge in [-0.2, -0.15) is 4.31 Å². The van der Waals surface area contributed by atoms with E-state index in [-0.39, 0.29) is 10.6 Å². The van der Waals surface area contributed by atoms with Gasteiger partial charge in [0.05, 0.1) is 0 Å². The molecule has 0 aliphatic carbocycles. The Morgan fingerprint density at radius 3 is 2.70 bits per heavy atom. The summed E-state index contributed by atoms with van der Waals surface area (Å²) < 4.78 is 42.4. The second-order valence-corrected chi connectivity index (χ2v) is 9.14. The van der Waals surface area contributed by atoms with Gasteiger partial charge < -0.3 is 9.88 Å². The van der Waals surface area contributed by atoms with Gasteiger partial charge in [-0.15, -0.1) is 0 Å². The SMILES string of the molecule is Cc1ccc(NC(=O)c2cc(S(=O)(=O)N3CCC[C@@H](C)C3)cn2C)cc1F. The molecule has 1 aliphatic heterocycles. The number of piperidine rings is 1. The lowest BCUT2D eigenvalue weighted by Gasteiger charge is -2.29. The van der Waals surface area contributed by atoms with Crippen LogP contribution >= 0.6 is 0 Å². The number of aryl methyl sites for hydroxylation is 2. The van der Waals surface area contributed by atoms with Crippen LogP contribution < -0.4 is 5.32 Å². The molecule has 0 spiro atoms. The van der Waals surface area contributed by atoms with E-state index in [0.29, 0.717) is 30.3 Å². The van der Waals surface area contributed by atoms with Gasteiger partial charge in [-0.1, -0.05) is 13.0 Å². The van der Waals surface area contributed by atoms with Crippen molar-refractivity contribution in [2.75, 3.05) is 18.4 Å². The van der Waals surface area contributed by atoms with Crippen LogP contribution in [0.4, 0.5) is 10.1 Å². The fourth-order valence-corrected chi connectivity index (χ4v) is 4.95. The molecule has 8 heteroatoms. The number of carbonyl (C=O) groups is 1. The Hall–Kier alpha value is -2.19. The first-order valence-corrected chi connectivity index (χ1v) is 10.4. The Balaban J connectivity index is 1.83. The minimum absolute atomic E-state index is 0.0966. The van der Waals surface area contributed by atoms with Gasteiger partial charge in [0.25, 0.3) is 5.91 Å². The molecule has 1 aromatic heterocycles. The Morgan fingerprint density at radius 2 is 2.04 bits per heavy atom. The molecule has 146 valence electrons. The largest absolute Gasteiger partial charge is 0.345 e. The number of amides is 1. The van der Waals surface area contributed by atoms with Crippen molar-refractivity contribution in [1.29, 1.82) is 0 Å². The lowest BCUT2D eigenvalue weighted by atomic mass is 10.0. The number of halogens is 1. The summed E-state index contributed by atoms with van der Waals surface area (Å²) in [6, 6.07) is 5.78. The van der Waals surface area contributed by atoms with E-state index in [1.54, 1.807) is 26.1 Å². The van der Waals surface area contributed by atoms with Gasteiger partial charge in [0.2, 0.25) is 10.0 Å². The van der Waals surface area contributed by atoms with E-state index in [9.17, 15) is 17.6 Å². The van der Waals surface area contributed by atoms with Crippen LogP contribution in [0.15, 0.2) is 35.4 Å². The van der Waals surface area contributed by atoms with Gasteiger partial charge in [-0.25, -0.2) is 12.8 Å². The third-order valence-corrected chi connectivity index (χ3v) is 6.73. The zero-order valence-corrected chi connectivity index (χ0v) is 16.5. The normalized spacial score (nSPS) is 18.4. The highest BCUT2D eigenvalue weighted by Crippen LogP contribution is 2.25. The van der Waals surface area contributed by atoms with Gasteiger partial charge in [0.1, 0.15) is 16.4 Å². The number of aromatic nitrogens is 1. The Labute approximate surface area is 159 Å². The fourth-order valence-electron chi connectivity index (χ4n) is 3.28. The Kier molecular flexibility index (Phi) is 5.39. The number of nitrogens with zero attached hydrogens (tertiary/aromatic N) is 2. The molecule has 27 heavy (non-hydrogen) atoms. The zero-order valence-electron chi connectivity index (χ0n) is 15.7. The van der Waals surface area contributed by atoms with Crippen molar-refractivity contribution < 1.29 is 17.6 Å². The quantitative estimate of drug-likeness (QED) is 0.867. The number of anilines is 1. The van der Waals surface area contributed by atoms with Crippen molar-refractivity contribution in [2.24, 2.45) is 13.0 Å². The molecule has 1 aromatic carbocycles. The number of hydrogen-bond donors (Lipinski definition) is 1. The summed E-state index contributed by atoms with van der Waals surface area (Å²) in [4.78, 5) is 12.6. The smallest absolute Gasteiger partial charge is 0.272 e. The molecule has 2 aromatic rings. The van der Waals surface area contributed by atoms with E-state index < -0.39 is 21.7 Å². The van der Waals surface area contributed by atoms with E-state index in [0.717, 1.165) is 12.8 Å². The van der Waals surface area contributed by atoms with Gasteiger partial charge in [-0.05, 0) is 49.4 Å². The highest BCUT2D eigenvalue weighted by molar-refractivity contribution is 7.89. The number of hydrogen-bond acceptors (Lipinski definition) is 3. The molecule has 6 nitrogen and oxygen atoms in total. The molecule has 1 aliphatic rings. The van der Waals surface area contributed by atoms with Crippen LogP contribution in [0.2, 0.25) is 0 Å². The standard InChI is InChI=1S/C19H24FN3O3S/c1-13-5-4-8-23(11-13)27(25,26)16-10-18(22(3)12-16)19(24)21-15-7-6-14(2)17(20)9-15/h6-7,9-10,12-13H,4-5,8,11H2,1-3H3,(H,21,24)/t13-/m1/s1. The van der Waals surface area contributed by atoms with Crippen molar-refractivity contribution in [3.8, 4) is 0 Å². The van der Waals surface area contributed by atoms with Gasteiger partial charge in [-0.3, -0.25) is 4.79 Å².